The Morgan fingerprint density at radius 1 is 1.19 bits per heavy atom. The van der Waals surface area contributed by atoms with Crippen LogP contribution in [0.15, 0.2) is 48.5 Å². The molecule has 0 bridgehead atoms. The minimum Gasteiger partial charge on any atom is -0.496 e. The number of nitrogens with zero attached hydrogens (tertiary/aromatic N) is 4. The van der Waals surface area contributed by atoms with Gasteiger partial charge in [-0.2, -0.15) is 17.9 Å². The first-order valence-corrected chi connectivity index (χ1v) is 9.99. The maximum atomic E-state index is 13.2. The van der Waals surface area contributed by atoms with E-state index in [0.717, 1.165) is 25.1 Å². The zero-order valence-corrected chi connectivity index (χ0v) is 16.9. The van der Waals surface area contributed by atoms with Crippen molar-refractivity contribution in [3.63, 3.8) is 0 Å². The second-order valence-electron chi connectivity index (χ2n) is 7.41. The Kier molecular flexibility index (Phi) is 6.19. The van der Waals surface area contributed by atoms with Crippen molar-refractivity contribution in [2.24, 2.45) is 0 Å². The van der Waals surface area contributed by atoms with Gasteiger partial charge in [0.15, 0.2) is 0 Å². The van der Waals surface area contributed by atoms with Crippen LogP contribution in [-0.4, -0.2) is 46.4 Å². The molecule has 10 heteroatoms. The summed E-state index contributed by atoms with van der Waals surface area (Å²) in [6.45, 7) is 2.20. The van der Waals surface area contributed by atoms with Gasteiger partial charge in [-0.05, 0) is 47.2 Å². The first kappa shape index (κ1) is 21.3. The lowest BCUT2D eigenvalue weighted by Crippen LogP contribution is -2.45. The second kappa shape index (κ2) is 9.03. The van der Waals surface area contributed by atoms with Crippen molar-refractivity contribution in [1.29, 1.82) is 0 Å². The first-order valence-electron chi connectivity index (χ1n) is 9.99. The summed E-state index contributed by atoms with van der Waals surface area (Å²) in [6, 6.07) is 15.2. The molecule has 2 N–H and O–H groups in total. The van der Waals surface area contributed by atoms with Gasteiger partial charge in [0.05, 0.1) is 12.8 Å². The molecule has 164 valence electrons. The molecule has 1 aliphatic rings. The van der Waals surface area contributed by atoms with Gasteiger partial charge in [-0.1, -0.05) is 30.3 Å². The molecule has 0 unspecified atom stereocenters. The number of halogens is 3. The van der Waals surface area contributed by atoms with Crippen molar-refractivity contribution in [2.75, 3.05) is 20.2 Å². The maximum Gasteiger partial charge on any atom is 0.453 e. The Morgan fingerprint density at radius 2 is 2.00 bits per heavy atom. The normalized spacial score (nSPS) is 19.4. The smallest absolute Gasteiger partial charge is 0.453 e. The van der Waals surface area contributed by atoms with Crippen molar-refractivity contribution in [2.45, 2.75) is 31.1 Å². The molecule has 0 radical (unpaired) electrons. The molecule has 3 aromatic rings. The zero-order chi connectivity index (χ0) is 21.8. The molecule has 0 spiro atoms. The molecular weight excluding hydrogens is 409 g/mol. The number of tetrazole rings is 1. The van der Waals surface area contributed by atoms with Crippen LogP contribution in [0.2, 0.25) is 0 Å². The number of ether oxygens (including phenoxy) is 1. The predicted octanol–water partition coefficient (Wildman–Crippen LogP) is 2.93. The Hall–Kier alpha value is -2.98. The summed E-state index contributed by atoms with van der Waals surface area (Å²) < 4.78 is 45.7. The van der Waals surface area contributed by atoms with Crippen molar-refractivity contribution in [3.8, 4) is 11.4 Å². The molecule has 0 aliphatic carbocycles. The third-order valence-electron chi connectivity index (χ3n) is 5.50. The highest BCUT2D eigenvalue weighted by Gasteiger charge is 2.38. The van der Waals surface area contributed by atoms with Crippen molar-refractivity contribution in [1.82, 2.24) is 30.8 Å². The first-order chi connectivity index (χ1) is 15.0. The lowest BCUT2D eigenvalue weighted by atomic mass is 9.87. The number of hydrogen-bond acceptors (Lipinski definition) is 6. The minimum atomic E-state index is -4.65. The number of benzene rings is 2. The summed E-state index contributed by atoms with van der Waals surface area (Å²) in [5.41, 5.74) is 2.20. The summed E-state index contributed by atoms with van der Waals surface area (Å²) in [4.78, 5) is 0. The topological polar surface area (TPSA) is 76.9 Å². The van der Waals surface area contributed by atoms with Gasteiger partial charge in [0.1, 0.15) is 5.75 Å². The number of alkyl halides is 3. The molecule has 2 aromatic carbocycles. The maximum absolute atomic E-state index is 13.2. The fourth-order valence-corrected chi connectivity index (χ4v) is 3.97. The monoisotopic (exact) mass is 432 g/mol. The van der Waals surface area contributed by atoms with Crippen molar-refractivity contribution in [3.05, 3.63) is 65.5 Å². The number of rotatable bonds is 6. The van der Waals surface area contributed by atoms with Gasteiger partial charge < -0.3 is 15.4 Å². The fourth-order valence-electron chi connectivity index (χ4n) is 3.97. The van der Waals surface area contributed by atoms with E-state index in [9.17, 15) is 13.2 Å². The highest BCUT2D eigenvalue weighted by molar-refractivity contribution is 5.44. The van der Waals surface area contributed by atoms with Gasteiger partial charge in [0.2, 0.25) is 0 Å². The molecule has 0 saturated carbocycles. The van der Waals surface area contributed by atoms with E-state index < -0.39 is 12.0 Å². The molecule has 1 fully saturated rings. The Bertz CT molecular complexity index is 1010. The fraction of sp³-hybridized carbons (Fsp3) is 0.381. The Balaban J connectivity index is 1.57. The van der Waals surface area contributed by atoms with E-state index >= 15 is 0 Å². The van der Waals surface area contributed by atoms with Crippen molar-refractivity contribution < 1.29 is 17.9 Å². The van der Waals surface area contributed by atoms with E-state index in [0.29, 0.717) is 22.9 Å². The van der Waals surface area contributed by atoms with Gasteiger partial charge in [-0.3, -0.25) is 0 Å². The van der Waals surface area contributed by atoms with Crippen LogP contribution in [0.4, 0.5) is 13.2 Å². The average molecular weight is 432 g/mol. The minimum absolute atomic E-state index is 0.218. The van der Waals surface area contributed by atoms with Crippen molar-refractivity contribution >= 4 is 0 Å². The highest BCUT2D eigenvalue weighted by atomic mass is 19.4. The lowest BCUT2D eigenvalue weighted by Gasteiger charge is -2.33. The van der Waals surface area contributed by atoms with E-state index in [1.54, 1.807) is 12.1 Å². The Labute approximate surface area is 177 Å². The standard InChI is InChI=1S/C21H23F3N6O/c1-31-19-8-7-16(30-20(21(22,23)24)27-28-29-30)11-15(19)12-26-18-9-10-25-13-17(18)14-5-3-2-4-6-14/h2-8,11,17-18,25-26H,9-10,12-13H2,1H3/t17-,18+/m0/s1. The summed E-state index contributed by atoms with van der Waals surface area (Å²) in [5, 5.41) is 16.8. The van der Waals surface area contributed by atoms with Crippen LogP contribution in [0.1, 0.15) is 29.3 Å². The largest absolute Gasteiger partial charge is 0.496 e. The van der Waals surface area contributed by atoms with Crippen LogP contribution in [0, 0.1) is 0 Å². The van der Waals surface area contributed by atoms with Gasteiger partial charge in [0.25, 0.3) is 5.82 Å². The summed E-state index contributed by atoms with van der Waals surface area (Å²) in [5.74, 6) is -0.289. The number of aromatic nitrogens is 4. The van der Waals surface area contributed by atoms with Gasteiger partial charge >= 0.3 is 6.18 Å². The van der Waals surface area contributed by atoms with E-state index in [2.05, 4.69) is 38.3 Å². The van der Waals surface area contributed by atoms with E-state index in [-0.39, 0.29) is 11.7 Å². The molecular formula is C21H23F3N6O. The summed E-state index contributed by atoms with van der Waals surface area (Å²) in [7, 11) is 1.54. The van der Waals surface area contributed by atoms with Gasteiger partial charge in [-0.25, -0.2) is 0 Å². The summed E-state index contributed by atoms with van der Waals surface area (Å²) >= 11 is 0. The van der Waals surface area contributed by atoms with E-state index in [4.69, 9.17) is 4.74 Å². The number of piperidine rings is 1. The van der Waals surface area contributed by atoms with Gasteiger partial charge in [-0.15, -0.1) is 5.10 Å². The molecule has 31 heavy (non-hydrogen) atoms. The molecule has 1 saturated heterocycles. The quantitative estimate of drug-likeness (QED) is 0.624. The van der Waals surface area contributed by atoms with Crippen LogP contribution in [-0.2, 0) is 12.7 Å². The van der Waals surface area contributed by atoms with Gasteiger partial charge in [0, 0.05) is 30.6 Å². The molecule has 2 atom stereocenters. The number of hydrogen-bond donors (Lipinski definition) is 2. The summed E-state index contributed by atoms with van der Waals surface area (Å²) in [6.07, 6.45) is -3.72. The van der Waals surface area contributed by atoms with Crippen LogP contribution in [0.3, 0.4) is 0 Å². The SMILES string of the molecule is COc1ccc(-n2nnnc2C(F)(F)F)cc1CN[C@@H]1CCNC[C@H]1c1ccccc1. The molecule has 1 aliphatic heterocycles. The van der Waals surface area contributed by atoms with E-state index in [1.165, 1.54) is 18.7 Å². The van der Waals surface area contributed by atoms with E-state index in [1.807, 2.05) is 18.2 Å². The lowest BCUT2D eigenvalue weighted by molar-refractivity contribution is -0.146. The molecule has 7 nitrogen and oxygen atoms in total. The zero-order valence-electron chi connectivity index (χ0n) is 16.9. The number of nitrogens with one attached hydrogen (secondary N) is 2. The van der Waals surface area contributed by atoms with Crippen LogP contribution in [0.5, 0.6) is 5.75 Å². The highest BCUT2D eigenvalue weighted by Crippen LogP contribution is 2.30. The molecule has 1 aromatic heterocycles. The Morgan fingerprint density at radius 3 is 2.74 bits per heavy atom. The number of methoxy groups -OCH3 is 1. The second-order valence-corrected chi connectivity index (χ2v) is 7.41. The third kappa shape index (κ3) is 4.70. The predicted molar refractivity (Wildman–Crippen MR) is 108 cm³/mol. The average Bonchev–Trinajstić information content (AvgIpc) is 3.29. The molecule has 4 rings (SSSR count). The molecule has 2 heterocycles. The van der Waals surface area contributed by atoms with Crippen LogP contribution >= 0.6 is 0 Å². The molecule has 0 amide bonds. The van der Waals surface area contributed by atoms with Crippen LogP contribution in [0.25, 0.3) is 5.69 Å². The third-order valence-corrected chi connectivity index (χ3v) is 5.50. The van der Waals surface area contributed by atoms with Crippen LogP contribution < -0.4 is 15.4 Å².